The van der Waals surface area contributed by atoms with Crippen molar-refractivity contribution in [3.63, 3.8) is 0 Å². The van der Waals surface area contributed by atoms with Gasteiger partial charge in [0.1, 0.15) is 5.82 Å². The van der Waals surface area contributed by atoms with Gasteiger partial charge in [0, 0.05) is 24.5 Å². The Morgan fingerprint density at radius 1 is 0.952 bits per heavy atom. The minimum absolute atomic E-state index is 0.183. The molecule has 0 fully saturated rings. The second-order valence-electron chi connectivity index (χ2n) is 4.60. The van der Waals surface area contributed by atoms with Crippen molar-refractivity contribution in [3.05, 3.63) is 72.1 Å². The molecule has 3 N–H and O–H groups in total. The van der Waals surface area contributed by atoms with Crippen LogP contribution in [0, 0.1) is 6.92 Å². The lowest BCUT2D eigenvalue weighted by atomic mass is 10.2. The lowest BCUT2D eigenvalue weighted by Crippen LogP contribution is -2.19. The fourth-order valence-electron chi connectivity index (χ4n) is 1.86. The number of hydrogen-bond acceptors (Lipinski definition) is 3. The fraction of sp³-hybridized carbons (Fsp3) is 0.118. The van der Waals surface area contributed by atoms with Gasteiger partial charge in [-0.15, -0.1) is 0 Å². The minimum atomic E-state index is -0.183. The zero-order valence-electron chi connectivity index (χ0n) is 12.2. The highest BCUT2D eigenvalue weighted by Gasteiger charge is 2.03. The van der Waals surface area contributed by atoms with Crippen molar-refractivity contribution in [2.75, 3.05) is 17.7 Å². The maximum absolute atomic E-state index is 12.1. The highest BCUT2D eigenvalue weighted by molar-refractivity contribution is 6.00. The second kappa shape index (κ2) is 7.14. The Morgan fingerprint density at radius 2 is 1.62 bits per heavy atom. The van der Waals surface area contributed by atoms with Crippen LogP contribution in [0.2, 0.25) is 0 Å². The Hall–Kier alpha value is -2.75. The van der Waals surface area contributed by atoms with Gasteiger partial charge in [-0.25, -0.2) is 0 Å². The summed E-state index contributed by atoms with van der Waals surface area (Å²) in [7, 11) is 1.77. The fourth-order valence-corrected chi connectivity index (χ4v) is 1.86. The van der Waals surface area contributed by atoms with Gasteiger partial charge in [0.05, 0.1) is 0 Å². The molecule has 108 valence electrons. The van der Waals surface area contributed by atoms with Gasteiger partial charge in [-0.1, -0.05) is 36.4 Å². The monoisotopic (exact) mass is 281 g/mol. The number of hydrogen-bond donors (Lipinski definition) is 3. The summed E-state index contributed by atoms with van der Waals surface area (Å²) in [5.41, 5.74) is 2.76. The van der Waals surface area contributed by atoms with Crippen LogP contribution in [-0.4, -0.2) is 13.0 Å². The van der Waals surface area contributed by atoms with Crippen LogP contribution in [-0.2, 0) is 4.79 Å². The summed E-state index contributed by atoms with van der Waals surface area (Å²) in [4.78, 5) is 12.1. The number of benzene rings is 2. The zero-order chi connectivity index (χ0) is 15.1. The molecule has 4 heteroatoms. The first kappa shape index (κ1) is 14.7. The molecule has 0 aromatic heterocycles. The molecule has 0 radical (unpaired) electrons. The molecule has 21 heavy (non-hydrogen) atoms. The van der Waals surface area contributed by atoms with E-state index in [1.807, 2.05) is 61.5 Å². The van der Waals surface area contributed by atoms with Gasteiger partial charge in [0.25, 0.3) is 5.91 Å². The van der Waals surface area contributed by atoms with Crippen LogP contribution in [0.25, 0.3) is 0 Å². The average molecular weight is 281 g/mol. The van der Waals surface area contributed by atoms with E-state index in [1.54, 1.807) is 7.05 Å². The van der Waals surface area contributed by atoms with E-state index < -0.39 is 0 Å². The van der Waals surface area contributed by atoms with E-state index in [9.17, 15) is 4.79 Å². The zero-order valence-corrected chi connectivity index (χ0v) is 12.2. The van der Waals surface area contributed by atoms with Crippen molar-refractivity contribution in [1.82, 2.24) is 5.32 Å². The molecule has 2 aromatic carbocycles. The van der Waals surface area contributed by atoms with Gasteiger partial charge in [0.2, 0.25) is 0 Å². The summed E-state index contributed by atoms with van der Waals surface area (Å²) in [6.07, 6.45) is 1.50. The van der Waals surface area contributed by atoms with Gasteiger partial charge >= 0.3 is 0 Å². The SMILES string of the molecule is CN/C(=C/C(=O)Nc1ccccc1C)Nc1ccccc1. The van der Waals surface area contributed by atoms with Gasteiger partial charge in [-0.05, 0) is 30.7 Å². The molecule has 0 aliphatic rings. The highest BCUT2D eigenvalue weighted by Crippen LogP contribution is 2.13. The molecular weight excluding hydrogens is 262 g/mol. The molecule has 0 saturated carbocycles. The number of anilines is 2. The van der Waals surface area contributed by atoms with Crippen molar-refractivity contribution in [2.45, 2.75) is 6.92 Å². The van der Waals surface area contributed by atoms with Gasteiger partial charge in [0.15, 0.2) is 0 Å². The van der Waals surface area contributed by atoms with Crippen molar-refractivity contribution in [1.29, 1.82) is 0 Å². The summed E-state index contributed by atoms with van der Waals surface area (Å²) in [6.45, 7) is 1.96. The van der Waals surface area contributed by atoms with E-state index in [0.717, 1.165) is 16.9 Å². The molecule has 0 aliphatic carbocycles. The normalized spacial score (nSPS) is 10.9. The van der Waals surface area contributed by atoms with Crippen LogP contribution in [0.3, 0.4) is 0 Å². The first-order chi connectivity index (χ1) is 10.2. The largest absolute Gasteiger partial charge is 0.375 e. The Balaban J connectivity index is 2.06. The van der Waals surface area contributed by atoms with Crippen LogP contribution < -0.4 is 16.0 Å². The second-order valence-corrected chi connectivity index (χ2v) is 4.60. The highest BCUT2D eigenvalue weighted by atomic mass is 16.1. The van der Waals surface area contributed by atoms with E-state index in [1.165, 1.54) is 6.08 Å². The topological polar surface area (TPSA) is 53.2 Å². The van der Waals surface area contributed by atoms with Crippen molar-refractivity contribution >= 4 is 17.3 Å². The molecule has 0 saturated heterocycles. The number of nitrogens with one attached hydrogen (secondary N) is 3. The Labute approximate surface area is 124 Å². The Kier molecular flexibility index (Phi) is 4.99. The quantitative estimate of drug-likeness (QED) is 0.738. The first-order valence-electron chi connectivity index (χ1n) is 6.77. The summed E-state index contributed by atoms with van der Waals surface area (Å²) < 4.78 is 0. The van der Waals surface area contributed by atoms with Gasteiger partial charge < -0.3 is 16.0 Å². The molecule has 0 heterocycles. The maximum Gasteiger partial charge on any atom is 0.252 e. The third-order valence-electron chi connectivity index (χ3n) is 3.00. The average Bonchev–Trinajstić information content (AvgIpc) is 2.50. The molecule has 1 amide bonds. The van der Waals surface area contributed by atoms with E-state index in [2.05, 4.69) is 16.0 Å². The summed E-state index contributed by atoms with van der Waals surface area (Å²) in [5, 5.41) is 8.99. The predicted molar refractivity (Wildman–Crippen MR) is 87.0 cm³/mol. The van der Waals surface area contributed by atoms with Gasteiger partial charge in [-0.3, -0.25) is 4.79 Å². The van der Waals surface area contributed by atoms with Crippen LogP contribution in [0.1, 0.15) is 5.56 Å². The molecule has 0 spiro atoms. The van der Waals surface area contributed by atoms with Crippen molar-refractivity contribution in [3.8, 4) is 0 Å². The smallest absolute Gasteiger partial charge is 0.252 e. The molecule has 2 aromatic rings. The number of rotatable bonds is 5. The third-order valence-corrected chi connectivity index (χ3v) is 3.00. The lowest BCUT2D eigenvalue weighted by molar-refractivity contribution is -0.112. The number of amides is 1. The number of para-hydroxylation sites is 2. The van der Waals surface area contributed by atoms with E-state index >= 15 is 0 Å². The van der Waals surface area contributed by atoms with Crippen LogP contribution in [0.4, 0.5) is 11.4 Å². The molecular formula is C17H19N3O. The Morgan fingerprint density at radius 3 is 2.29 bits per heavy atom. The van der Waals surface area contributed by atoms with E-state index in [-0.39, 0.29) is 5.91 Å². The Bertz CT molecular complexity index is 635. The maximum atomic E-state index is 12.1. The standard InChI is InChI=1S/C17H19N3O/c1-13-8-6-7-11-15(13)20-17(21)12-16(18-2)19-14-9-4-3-5-10-14/h3-12,18-19H,1-2H3,(H,20,21)/b16-12-. The lowest BCUT2D eigenvalue weighted by Gasteiger charge is -2.11. The van der Waals surface area contributed by atoms with Crippen LogP contribution in [0.5, 0.6) is 0 Å². The first-order valence-corrected chi connectivity index (χ1v) is 6.77. The van der Waals surface area contributed by atoms with E-state index in [4.69, 9.17) is 0 Å². The third kappa shape index (κ3) is 4.38. The van der Waals surface area contributed by atoms with Crippen molar-refractivity contribution in [2.24, 2.45) is 0 Å². The number of carbonyl (C=O) groups is 1. The number of aryl methyl sites for hydroxylation is 1. The van der Waals surface area contributed by atoms with Gasteiger partial charge in [-0.2, -0.15) is 0 Å². The molecule has 0 aliphatic heterocycles. The minimum Gasteiger partial charge on any atom is -0.375 e. The van der Waals surface area contributed by atoms with Crippen LogP contribution >= 0.6 is 0 Å². The number of carbonyl (C=O) groups excluding carboxylic acids is 1. The summed E-state index contributed by atoms with van der Waals surface area (Å²) >= 11 is 0. The summed E-state index contributed by atoms with van der Waals surface area (Å²) in [6, 6.07) is 17.4. The summed E-state index contributed by atoms with van der Waals surface area (Å²) in [5.74, 6) is 0.448. The van der Waals surface area contributed by atoms with Crippen LogP contribution in [0.15, 0.2) is 66.5 Å². The predicted octanol–water partition coefficient (Wildman–Crippen LogP) is 3.11. The van der Waals surface area contributed by atoms with Crippen molar-refractivity contribution < 1.29 is 4.79 Å². The molecule has 2 rings (SSSR count). The molecule has 0 unspecified atom stereocenters. The molecule has 0 bridgehead atoms. The van der Waals surface area contributed by atoms with E-state index in [0.29, 0.717) is 5.82 Å². The molecule has 4 nitrogen and oxygen atoms in total. The molecule has 0 atom stereocenters.